The number of aliphatic hydroxyl groups is 1. The minimum Gasteiger partial charge on any atom is -0.496 e. The summed E-state index contributed by atoms with van der Waals surface area (Å²) in [7, 11) is 1.65. The van der Waals surface area contributed by atoms with Crippen LogP contribution in [0.15, 0.2) is 18.2 Å². The van der Waals surface area contributed by atoms with Crippen molar-refractivity contribution < 1.29 is 24.1 Å². The molecule has 142 valence electrons. The topological polar surface area (TPSA) is 77.0 Å². The second-order valence-corrected chi connectivity index (χ2v) is 6.89. The van der Waals surface area contributed by atoms with Gasteiger partial charge in [-0.25, -0.2) is 4.79 Å². The Kier molecular flexibility index (Phi) is 8.72. The number of nitrogens with one attached hydrogen (secondary N) is 1. The molecule has 0 radical (unpaired) electrons. The van der Waals surface area contributed by atoms with Crippen LogP contribution in [0.3, 0.4) is 0 Å². The van der Waals surface area contributed by atoms with Gasteiger partial charge in [0.05, 0.1) is 26.4 Å². The van der Waals surface area contributed by atoms with Crippen LogP contribution in [-0.4, -0.2) is 43.2 Å². The van der Waals surface area contributed by atoms with Gasteiger partial charge in [0.25, 0.3) is 0 Å². The first-order valence-corrected chi connectivity index (χ1v) is 8.64. The molecule has 1 amide bonds. The maximum absolute atomic E-state index is 11.6. The number of hydrogen-bond acceptors (Lipinski definition) is 5. The fourth-order valence-corrected chi connectivity index (χ4v) is 2.26. The number of methoxy groups -OCH3 is 1. The molecule has 0 bridgehead atoms. The first-order chi connectivity index (χ1) is 11.8. The first-order valence-electron chi connectivity index (χ1n) is 8.64. The maximum atomic E-state index is 11.6. The highest BCUT2D eigenvalue weighted by molar-refractivity contribution is 5.67. The molecule has 1 unspecified atom stereocenters. The van der Waals surface area contributed by atoms with Crippen LogP contribution in [0.5, 0.6) is 5.75 Å². The summed E-state index contributed by atoms with van der Waals surface area (Å²) in [4.78, 5) is 11.6. The van der Waals surface area contributed by atoms with Crippen LogP contribution in [0.1, 0.15) is 45.2 Å². The number of rotatable bonds is 9. The number of ether oxygens (including phenoxy) is 3. The van der Waals surface area contributed by atoms with E-state index in [1.165, 1.54) is 5.56 Å². The van der Waals surface area contributed by atoms with Crippen LogP contribution < -0.4 is 10.1 Å². The van der Waals surface area contributed by atoms with Gasteiger partial charge < -0.3 is 24.6 Å². The van der Waals surface area contributed by atoms with E-state index in [4.69, 9.17) is 14.2 Å². The Morgan fingerprint density at radius 1 is 1.32 bits per heavy atom. The average molecular weight is 353 g/mol. The number of carbonyl (C=O) groups is 1. The smallest absolute Gasteiger partial charge is 0.407 e. The third kappa shape index (κ3) is 8.23. The number of alkyl carbamates (subject to hydrolysis) is 1. The SMILES string of the molecule is CCCc1ccc(COC(CO)CNC(=O)OC(C)(C)C)cc1OC. The standard InChI is InChI=1S/C19H31NO5/c1-6-7-15-9-8-14(10-17(15)23-5)13-24-16(12-21)11-20-18(22)25-19(2,3)4/h8-10,16,21H,6-7,11-13H2,1-5H3,(H,20,22). The van der Waals surface area contributed by atoms with Crippen molar-refractivity contribution in [2.75, 3.05) is 20.3 Å². The van der Waals surface area contributed by atoms with Crippen LogP contribution in [0.4, 0.5) is 4.79 Å². The lowest BCUT2D eigenvalue weighted by Gasteiger charge is -2.21. The minimum atomic E-state index is -0.559. The fraction of sp³-hybridized carbons (Fsp3) is 0.632. The number of benzene rings is 1. The van der Waals surface area contributed by atoms with Gasteiger partial charge in [-0.05, 0) is 44.4 Å². The zero-order valence-corrected chi connectivity index (χ0v) is 15.9. The molecule has 1 atom stereocenters. The van der Waals surface area contributed by atoms with Crippen molar-refractivity contribution >= 4 is 6.09 Å². The molecule has 25 heavy (non-hydrogen) atoms. The lowest BCUT2D eigenvalue weighted by molar-refractivity contribution is -0.000428. The lowest BCUT2D eigenvalue weighted by atomic mass is 10.1. The second-order valence-electron chi connectivity index (χ2n) is 6.89. The summed E-state index contributed by atoms with van der Waals surface area (Å²) < 4.78 is 16.3. The van der Waals surface area contributed by atoms with E-state index >= 15 is 0 Å². The summed E-state index contributed by atoms with van der Waals surface area (Å²) in [5.74, 6) is 0.843. The van der Waals surface area contributed by atoms with Crippen molar-refractivity contribution in [1.29, 1.82) is 0 Å². The summed E-state index contributed by atoms with van der Waals surface area (Å²) in [6.45, 7) is 7.81. The van der Waals surface area contributed by atoms with Gasteiger partial charge in [0.2, 0.25) is 0 Å². The average Bonchev–Trinajstić information content (AvgIpc) is 2.54. The Balaban J connectivity index is 2.52. The number of aliphatic hydroxyl groups excluding tert-OH is 1. The second kappa shape index (κ2) is 10.3. The number of carbonyl (C=O) groups excluding carboxylic acids is 1. The lowest BCUT2D eigenvalue weighted by Crippen LogP contribution is -2.39. The first kappa shape index (κ1) is 21.3. The maximum Gasteiger partial charge on any atom is 0.407 e. The van der Waals surface area contributed by atoms with E-state index in [1.54, 1.807) is 27.9 Å². The molecule has 0 saturated heterocycles. The molecule has 1 rings (SSSR count). The fourth-order valence-electron chi connectivity index (χ4n) is 2.26. The van der Waals surface area contributed by atoms with Crippen molar-refractivity contribution in [3.05, 3.63) is 29.3 Å². The molecule has 6 nitrogen and oxygen atoms in total. The van der Waals surface area contributed by atoms with Gasteiger partial charge in [-0.2, -0.15) is 0 Å². The van der Waals surface area contributed by atoms with E-state index in [0.29, 0.717) is 6.61 Å². The van der Waals surface area contributed by atoms with Crippen molar-refractivity contribution in [3.8, 4) is 5.75 Å². The van der Waals surface area contributed by atoms with Crippen LogP contribution >= 0.6 is 0 Å². The summed E-state index contributed by atoms with van der Waals surface area (Å²) in [6.07, 6.45) is 0.979. The number of amides is 1. The summed E-state index contributed by atoms with van der Waals surface area (Å²) in [5.41, 5.74) is 1.56. The van der Waals surface area contributed by atoms with Crippen LogP contribution in [0, 0.1) is 0 Å². The van der Waals surface area contributed by atoms with Crippen molar-refractivity contribution in [2.45, 2.75) is 58.8 Å². The van der Waals surface area contributed by atoms with Gasteiger partial charge in [-0.3, -0.25) is 0 Å². The Morgan fingerprint density at radius 3 is 2.60 bits per heavy atom. The van der Waals surface area contributed by atoms with Gasteiger partial charge in [0.1, 0.15) is 11.4 Å². The highest BCUT2D eigenvalue weighted by Gasteiger charge is 2.17. The molecule has 1 aromatic carbocycles. The monoisotopic (exact) mass is 353 g/mol. The van der Waals surface area contributed by atoms with Gasteiger partial charge in [-0.1, -0.05) is 25.5 Å². The predicted octanol–water partition coefficient (Wildman–Crippen LogP) is 3.05. The zero-order valence-electron chi connectivity index (χ0n) is 15.9. The molecule has 0 spiro atoms. The summed E-state index contributed by atoms with van der Waals surface area (Å²) in [6, 6.07) is 5.97. The van der Waals surface area contributed by atoms with Crippen molar-refractivity contribution in [2.24, 2.45) is 0 Å². The van der Waals surface area contributed by atoms with Crippen molar-refractivity contribution in [3.63, 3.8) is 0 Å². The molecule has 0 aromatic heterocycles. The largest absolute Gasteiger partial charge is 0.496 e. The van der Waals surface area contributed by atoms with Crippen LogP contribution in [0.2, 0.25) is 0 Å². The number of hydrogen-bond donors (Lipinski definition) is 2. The van der Waals surface area contributed by atoms with Gasteiger partial charge >= 0.3 is 6.09 Å². The van der Waals surface area contributed by atoms with Crippen LogP contribution in [-0.2, 0) is 22.5 Å². The molecular weight excluding hydrogens is 322 g/mol. The zero-order chi connectivity index (χ0) is 18.9. The molecule has 0 fully saturated rings. The molecule has 2 N–H and O–H groups in total. The van der Waals surface area contributed by atoms with Crippen LogP contribution in [0.25, 0.3) is 0 Å². The predicted molar refractivity (Wildman–Crippen MR) is 96.9 cm³/mol. The van der Waals surface area contributed by atoms with E-state index in [-0.39, 0.29) is 13.2 Å². The Bertz CT molecular complexity index is 539. The molecule has 0 heterocycles. The summed E-state index contributed by atoms with van der Waals surface area (Å²) >= 11 is 0. The third-order valence-corrected chi connectivity index (χ3v) is 3.43. The quantitative estimate of drug-likeness (QED) is 0.713. The van der Waals surface area contributed by atoms with E-state index in [0.717, 1.165) is 24.2 Å². The highest BCUT2D eigenvalue weighted by Crippen LogP contribution is 2.22. The minimum absolute atomic E-state index is 0.177. The molecule has 6 heteroatoms. The molecule has 0 aliphatic heterocycles. The van der Waals surface area contributed by atoms with E-state index in [9.17, 15) is 9.90 Å². The molecule has 1 aromatic rings. The molecule has 0 saturated carbocycles. The Morgan fingerprint density at radius 2 is 2.04 bits per heavy atom. The van der Waals surface area contributed by atoms with Crippen molar-refractivity contribution in [1.82, 2.24) is 5.32 Å². The van der Waals surface area contributed by atoms with Gasteiger partial charge in [0, 0.05) is 6.54 Å². The third-order valence-electron chi connectivity index (χ3n) is 3.43. The Labute approximate surface area is 150 Å². The van der Waals surface area contributed by atoms with Gasteiger partial charge in [0.15, 0.2) is 0 Å². The van der Waals surface area contributed by atoms with E-state index < -0.39 is 17.8 Å². The molecular formula is C19H31NO5. The van der Waals surface area contributed by atoms with E-state index in [1.807, 2.05) is 18.2 Å². The highest BCUT2D eigenvalue weighted by atomic mass is 16.6. The molecule has 0 aliphatic carbocycles. The number of aryl methyl sites for hydroxylation is 1. The van der Waals surface area contributed by atoms with Gasteiger partial charge in [-0.15, -0.1) is 0 Å². The molecule has 0 aliphatic rings. The summed E-state index contributed by atoms with van der Waals surface area (Å²) in [5, 5.41) is 12.0. The normalized spacial score (nSPS) is 12.6. The Hall–Kier alpha value is -1.79. The van der Waals surface area contributed by atoms with E-state index in [2.05, 4.69) is 12.2 Å².